The third-order valence-electron chi connectivity index (χ3n) is 4.59. The molecule has 2 rings (SSSR count). The summed E-state index contributed by atoms with van der Waals surface area (Å²) in [5, 5.41) is 2.93. The maximum Gasteiger partial charge on any atom is 0.407 e. The molecule has 5 heteroatoms. The van der Waals surface area contributed by atoms with Crippen LogP contribution in [0, 0.1) is 5.92 Å². The van der Waals surface area contributed by atoms with Crippen molar-refractivity contribution >= 4 is 12.1 Å². The second kappa shape index (κ2) is 10.8. The molecule has 1 N–H and O–H groups in total. The second-order valence-electron chi connectivity index (χ2n) is 8.50. The predicted octanol–water partition coefficient (Wildman–Crippen LogP) is 5.38. The van der Waals surface area contributed by atoms with Gasteiger partial charge in [0, 0.05) is 6.04 Å². The van der Waals surface area contributed by atoms with E-state index in [9.17, 15) is 9.59 Å². The number of hydrogen-bond donors (Lipinski definition) is 1. The number of ether oxygens (including phenoxy) is 2. The van der Waals surface area contributed by atoms with Crippen molar-refractivity contribution in [1.29, 1.82) is 0 Å². The van der Waals surface area contributed by atoms with Crippen molar-refractivity contribution in [2.45, 2.75) is 59.1 Å². The monoisotopic (exact) mass is 411 g/mol. The highest BCUT2D eigenvalue weighted by Gasteiger charge is 2.24. The predicted molar refractivity (Wildman–Crippen MR) is 119 cm³/mol. The van der Waals surface area contributed by atoms with E-state index in [-0.39, 0.29) is 17.9 Å². The van der Waals surface area contributed by atoms with E-state index in [4.69, 9.17) is 9.47 Å². The van der Waals surface area contributed by atoms with Gasteiger partial charge in [0.1, 0.15) is 5.60 Å². The van der Waals surface area contributed by atoms with Gasteiger partial charge < -0.3 is 14.8 Å². The van der Waals surface area contributed by atoms with Gasteiger partial charge in [0.05, 0.1) is 12.5 Å². The van der Waals surface area contributed by atoms with Gasteiger partial charge in [-0.05, 0) is 57.2 Å². The van der Waals surface area contributed by atoms with Crippen molar-refractivity contribution < 1.29 is 19.1 Å². The molecule has 0 aliphatic rings. The highest BCUT2D eigenvalue weighted by molar-refractivity contribution is 5.72. The standard InChI is InChI=1S/C25H33NO4/c1-6-29-23(27)18(2)16-22(26-24(28)30-25(3,4)5)17-19-12-14-21(15-13-19)20-10-8-7-9-11-20/h7-15,18,22H,6,16-17H2,1-5H3,(H,26,28)/t18?,22-/m0/s1. The largest absolute Gasteiger partial charge is 0.466 e. The van der Waals surface area contributed by atoms with Crippen LogP contribution in [0.3, 0.4) is 0 Å². The third kappa shape index (κ3) is 7.90. The second-order valence-corrected chi connectivity index (χ2v) is 8.50. The molecule has 30 heavy (non-hydrogen) atoms. The summed E-state index contributed by atoms with van der Waals surface area (Å²) in [4.78, 5) is 24.4. The van der Waals surface area contributed by atoms with Gasteiger partial charge in [0.2, 0.25) is 0 Å². The summed E-state index contributed by atoms with van der Waals surface area (Å²) in [6, 6.07) is 18.2. The molecule has 2 aromatic carbocycles. The first kappa shape index (κ1) is 23.5. The Hall–Kier alpha value is -2.82. The number of benzene rings is 2. The van der Waals surface area contributed by atoms with E-state index >= 15 is 0 Å². The molecule has 0 saturated carbocycles. The van der Waals surface area contributed by atoms with Crippen LogP contribution in [0.25, 0.3) is 11.1 Å². The lowest BCUT2D eigenvalue weighted by atomic mass is 9.95. The topological polar surface area (TPSA) is 64.6 Å². The summed E-state index contributed by atoms with van der Waals surface area (Å²) in [6.45, 7) is 9.42. The molecule has 162 valence electrons. The molecule has 1 amide bonds. The van der Waals surface area contributed by atoms with Gasteiger partial charge in [0.25, 0.3) is 0 Å². The quantitative estimate of drug-likeness (QED) is 0.593. The Bertz CT molecular complexity index is 809. The molecule has 0 aliphatic carbocycles. The van der Waals surface area contributed by atoms with Gasteiger partial charge in [-0.3, -0.25) is 4.79 Å². The fourth-order valence-corrected chi connectivity index (χ4v) is 3.22. The van der Waals surface area contributed by atoms with Crippen LogP contribution in [0.5, 0.6) is 0 Å². The zero-order chi connectivity index (χ0) is 22.1. The fourth-order valence-electron chi connectivity index (χ4n) is 3.22. The van der Waals surface area contributed by atoms with Crippen molar-refractivity contribution in [3.05, 3.63) is 60.2 Å². The van der Waals surface area contributed by atoms with E-state index in [1.807, 2.05) is 45.9 Å². The SMILES string of the molecule is CCOC(=O)C(C)C[C@@H](Cc1ccc(-c2ccccc2)cc1)NC(=O)OC(C)(C)C. The Morgan fingerprint density at radius 2 is 1.57 bits per heavy atom. The Labute approximate surface area is 179 Å². The summed E-state index contributed by atoms with van der Waals surface area (Å²) in [5.41, 5.74) is 2.78. The average Bonchev–Trinajstić information content (AvgIpc) is 2.68. The minimum Gasteiger partial charge on any atom is -0.466 e. The number of amides is 1. The zero-order valence-electron chi connectivity index (χ0n) is 18.6. The van der Waals surface area contributed by atoms with Crippen LogP contribution < -0.4 is 5.32 Å². The van der Waals surface area contributed by atoms with Gasteiger partial charge in [-0.1, -0.05) is 61.5 Å². The van der Waals surface area contributed by atoms with E-state index < -0.39 is 11.7 Å². The summed E-state index contributed by atoms with van der Waals surface area (Å²) < 4.78 is 10.5. The van der Waals surface area contributed by atoms with Crippen LogP contribution in [-0.2, 0) is 20.7 Å². The molecular weight excluding hydrogens is 378 g/mol. The summed E-state index contributed by atoms with van der Waals surface area (Å²) >= 11 is 0. The number of hydrogen-bond acceptors (Lipinski definition) is 4. The Morgan fingerprint density at radius 1 is 0.967 bits per heavy atom. The maximum atomic E-state index is 12.3. The molecule has 0 bridgehead atoms. The maximum absolute atomic E-state index is 12.3. The first-order valence-electron chi connectivity index (χ1n) is 10.5. The molecule has 2 aromatic rings. The van der Waals surface area contributed by atoms with Crippen molar-refractivity contribution in [2.75, 3.05) is 6.61 Å². The van der Waals surface area contributed by atoms with E-state index in [1.54, 1.807) is 6.92 Å². The van der Waals surface area contributed by atoms with Gasteiger partial charge >= 0.3 is 12.1 Å². The molecule has 0 aliphatic heterocycles. The van der Waals surface area contributed by atoms with Gasteiger partial charge in [-0.2, -0.15) is 0 Å². The van der Waals surface area contributed by atoms with E-state index in [1.165, 1.54) is 0 Å². The summed E-state index contributed by atoms with van der Waals surface area (Å²) in [6.07, 6.45) is 0.584. The number of rotatable bonds is 8. The van der Waals surface area contributed by atoms with E-state index in [0.717, 1.165) is 16.7 Å². The van der Waals surface area contributed by atoms with Crippen LogP contribution in [-0.4, -0.2) is 30.3 Å². The van der Waals surface area contributed by atoms with Crippen LogP contribution in [0.2, 0.25) is 0 Å². The summed E-state index contributed by atoms with van der Waals surface area (Å²) in [7, 11) is 0. The van der Waals surface area contributed by atoms with Crippen molar-refractivity contribution in [3.63, 3.8) is 0 Å². The lowest BCUT2D eigenvalue weighted by molar-refractivity contribution is -0.147. The fraction of sp³-hybridized carbons (Fsp3) is 0.440. The van der Waals surface area contributed by atoms with Crippen LogP contribution in [0.1, 0.15) is 46.6 Å². The zero-order valence-corrected chi connectivity index (χ0v) is 18.6. The highest BCUT2D eigenvalue weighted by Crippen LogP contribution is 2.21. The van der Waals surface area contributed by atoms with Crippen LogP contribution in [0.4, 0.5) is 4.79 Å². The molecule has 1 unspecified atom stereocenters. The first-order chi connectivity index (χ1) is 14.2. The van der Waals surface area contributed by atoms with E-state index in [2.05, 4.69) is 41.7 Å². The number of carbonyl (C=O) groups excluding carboxylic acids is 2. The smallest absolute Gasteiger partial charge is 0.407 e. The molecule has 0 saturated heterocycles. The average molecular weight is 412 g/mol. The molecule has 2 atom stereocenters. The number of nitrogens with one attached hydrogen (secondary N) is 1. The Kier molecular flexibility index (Phi) is 8.46. The van der Waals surface area contributed by atoms with Crippen molar-refractivity contribution in [1.82, 2.24) is 5.32 Å². The Balaban J connectivity index is 2.10. The minimum absolute atomic E-state index is 0.248. The minimum atomic E-state index is -0.585. The number of esters is 1. The first-order valence-corrected chi connectivity index (χ1v) is 10.5. The number of alkyl carbamates (subject to hydrolysis) is 1. The molecule has 0 spiro atoms. The lowest BCUT2D eigenvalue weighted by Gasteiger charge is -2.25. The molecule has 0 fully saturated rings. The van der Waals surface area contributed by atoms with Gasteiger partial charge in [-0.25, -0.2) is 4.79 Å². The molecule has 0 radical (unpaired) electrons. The third-order valence-corrected chi connectivity index (χ3v) is 4.59. The summed E-state index contributed by atoms with van der Waals surface area (Å²) in [5.74, 6) is -0.582. The van der Waals surface area contributed by atoms with Crippen molar-refractivity contribution in [2.24, 2.45) is 5.92 Å². The normalized spacial score (nSPS) is 13.2. The Morgan fingerprint density at radius 3 is 2.13 bits per heavy atom. The molecule has 0 heterocycles. The highest BCUT2D eigenvalue weighted by atomic mass is 16.6. The van der Waals surface area contributed by atoms with E-state index in [0.29, 0.717) is 19.4 Å². The van der Waals surface area contributed by atoms with Crippen LogP contribution >= 0.6 is 0 Å². The molecule has 5 nitrogen and oxygen atoms in total. The van der Waals surface area contributed by atoms with Crippen LogP contribution in [0.15, 0.2) is 54.6 Å². The number of carbonyl (C=O) groups is 2. The van der Waals surface area contributed by atoms with Gasteiger partial charge in [-0.15, -0.1) is 0 Å². The molecule has 0 aromatic heterocycles. The van der Waals surface area contributed by atoms with Gasteiger partial charge in [0.15, 0.2) is 0 Å². The molecular formula is C25H33NO4. The lowest BCUT2D eigenvalue weighted by Crippen LogP contribution is -2.41. The van der Waals surface area contributed by atoms with Crippen molar-refractivity contribution in [3.8, 4) is 11.1 Å².